The molecule has 0 N–H and O–H groups in total. The highest BCUT2D eigenvalue weighted by atomic mass is 16.7. The summed E-state index contributed by atoms with van der Waals surface area (Å²) in [5.74, 6) is 0. The van der Waals surface area contributed by atoms with Crippen molar-refractivity contribution in [3.63, 3.8) is 0 Å². The van der Waals surface area contributed by atoms with E-state index in [1.54, 1.807) is 0 Å². The van der Waals surface area contributed by atoms with Crippen molar-refractivity contribution >= 4 is 0 Å². The number of hydrogen-bond donors (Lipinski definition) is 0. The molecule has 0 unspecified atom stereocenters. The molecule has 1 aliphatic heterocycles. The van der Waals surface area contributed by atoms with Crippen molar-refractivity contribution in [2.24, 2.45) is 0 Å². The third-order valence-corrected chi connectivity index (χ3v) is 4.91. The van der Waals surface area contributed by atoms with Crippen LogP contribution in [0.25, 0.3) is 0 Å². The Morgan fingerprint density at radius 2 is 1.61 bits per heavy atom. The zero-order chi connectivity index (χ0) is 16.5. The Balaban J connectivity index is 2.04. The molecule has 2 nitrogen and oxygen atoms in total. The minimum absolute atomic E-state index is 0.0490. The fourth-order valence-electron chi connectivity index (χ4n) is 3.52. The molecule has 0 spiro atoms. The van der Waals surface area contributed by atoms with Crippen LogP contribution in [0.2, 0.25) is 0 Å². The smallest absolute Gasteiger partial charge is 0.159 e. The Morgan fingerprint density at radius 3 is 2.26 bits per heavy atom. The second-order valence-electron chi connectivity index (χ2n) is 7.10. The maximum atomic E-state index is 6.42. The van der Waals surface area contributed by atoms with E-state index < -0.39 is 0 Å². The van der Waals surface area contributed by atoms with Crippen LogP contribution in [0.5, 0.6) is 0 Å². The molecule has 0 aromatic heterocycles. The van der Waals surface area contributed by atoms with Gasteiger partial charge in [0, 0.05) is 6.42 Å². The van der Waals surface area contributed by atoms with Gasteiger partial charge in [-0.25, -0.2) is 0 Å². The van der Waals surface area contributed by atoms with Crippen LogP contribution in [0, 0.1) is 0 Å². The van der Waals surface area contributed by atoms with Crippen molar-refractivity contribution in [1.29, 1.82) is 0 Å². The molecule has 2 rings (SSSR count). The average molecular weight is 319 g/mol. The average Bonchev–Trinajstić information content (AvgIpc) is 2.56. The molecule has 23 heavy (non-hydrogen) atoms. The van der Waals surface area contributed by atoms with E-state index in [1.165, 1.54) is 44.1 Å². The monoisotopic (exact) mass is 318 g/mol. The molecular formula is C21H34O2. The van der Waals surface area contributed by atoms with Crippen molar-refractivity contribution in [1.82, 2.24) is 0 Å². The summed E-state index contributed by atoms with van der Waals surface area (Å²) in [5.41, 5.74) is 1.07. The fraction of sp³-hybridized carbons (Fsp3) is 0.714. The Bertz CT molecular complexity index is 411. The highest BCUT2D eigenvalue weighted by Gasteiger charge is 2.39. The van der Waals surface area contributed by atoms with E-state index in [0.29, 0.717) is 6.10 Å². The molecule has 1 saturated heterocycles. The van der Waals surface area contributed by atoms with Gasteiger partial charge in [0.25, 0.3) is 0 Å². The maximum absolute atomic E-state index is 6.42. The molecule has 0 radical (unpaired) electrons. The third-order valence-electron chi connectivity index (χ3n) is 4.91. The number of rotatable bonds is 9. The molecule has 1 aliphatic rings. The number of ether oxygens (including phenoxy) is 2. The van der Waals surface area contributed by atoms with E-state index in [2.05, 4.69) is 51.1 Å². The maximum Gasteiger partial charge on any atom is 0.159 e. The second-order valence-corrected chi connectivity index (χ2v) is 7.10. The summed E-state index contributed by atoms with van der Waals surface area (Å²) in [4.78, 5) is 0. The van der Waals surface area contributed by atoms with Crippen LogP contribution < -0.4 is 0 Å². The summed E-state index contributed by atoms with van der Waals surface area (Å²) in [6, 6.07) is 10.7. The number of benzene rings is 1. The van der Waals surface area contributed by atoms with Crippen LogP contribution in [0.4, 0.5) is 0 Å². The van der Waals surface area contributed by atoms with Crippen LogP contribution >= 0.6 is 0 Å². The van der Waals surface area contributed by atoms with Crippen LogP contribution in [-0.2, 0) is 15.1 Å². The topological polar surface area (TPSA) is 18.5 Å². The van der Waals surface area contributed by atoms with Gasteiger partial charge in [-0.15, -0.1) is 0 Å². The fourth-order valence-corrected chi connectivity index (χ4v) is 3.52. The largest absolute Gasteiger partial charge is 0.349 e. The molecule has 1 fully saturated rings. The Morgan fingerprint density at radius 1 is 0.957 bits per heavy atom. The van der Waals surface area contributed by atoms with E-state index in [4.69, 9.17) is 9.47 Å². The third kappa shape index (κ3) is 5.61. The van der Waals surface area contributed by atoms with Crippen LogP contribution in [-0.4, -0.2) is 12.4 Å². The molecular weight excluding hydrogens is 284 g/mol. The van der Waals surface area contributed by atoms with Gasteiger partial charge in [0.05, 0.1) is 11.7 Å². The van der Waals surface area contributed by atoms with Crippen molar-refractivity contribution in [2.75, 3.05) is 0 Å². The first-order valence-electron chi connectivity index (χ1n) is 9.56. The quantitative estimate of drug-likeness (QED) is 0.505. The Kier molecular flexibility index (Phi) is 7.58. The highest BCUT2D eigenvalue weighted by molar-refractivity contribution is 5.22. The van der Waals surface area contributed by atoms with Crippen LogP contribution in [0.3, 0.4) is 0 Å². The van der Waals surface area contributed by atoms with Gasteiger partial charge < -0.3 is 9.47 Å². The molecule has 3 atom stereocenters. The van der Waals surface area contributed by atoms with Gasteiger partial charge in [0.1, 0.15) is 0 Å². The summed E-state index contributed by atoms with van der Waals surface area (Å²) < 4.78 is 12.7. The molecule has 1 aromatic carbocycles. The van der Waals surface area contributed by atoms with Crippen LogP contribution in [0.1, 0.15) is 84.1 Å². The van der Waals surface area contributed by atoms with E-state index in [9.17, 15) is 0 Å². The van der Waals surface area contributed by atoms with Crippen LogP contribution in [0.15, 0.2) is 30.3 Å². The molecule has 1 heterocycles. The van der Waals surface area contributed by atoms with Crippen molar-refractivity contribution < 1.29 is 9.47 Å². The molecule has 1 aromatic rings. The zero-order valence-electron chi connectivity index (χ0n) is 15.2. The van der Waals surface area contributed by atoms with E-state index in [0.717, 1.165) is 19.3 Å². The van der Waals surface area contributed by atoms with Crippen molar-refractivity contribution in [3.8, 4) is 0 Å². The predicted octanol–water partition coefficient (Wildman–Crippen LogP) is 6.19. The summed E-state index contributed by atoms with van der Waals surface area (Å²) >= 11 is 0. The molecule has 2 heteroatoms. The lowest BCUT2D eigenvalue weighted by atomic mass is 9.87. The lowest BCUT2D eigenvalue weighted by molar-refractivity contribution is -0.285. The lowest BCUT2D eigenvalue weighted by Crippen LogP contribution is -2.44. The van der Waals surface area contributed by atoms with Gasteiger partial charge in [-0.3, -0.25) is 0 Å². The minimum Gasteiger partial charge on any atom is -0.349 e. The molecule has 0 bridgehead atoms. The summed E-state index contributed by atoms with van der Waals surface area (Å²) in [6.45, 7) is 6.74. The van der Waals surface area contributed by atoms with Gasteiger partial charge in [0.2, 0.25) is 0 Å². The van der Waals surface area contributed by atoms with E-state index in [1.807, 2.05) is 0 Å². The van der Waals surface area contributed by atoms with Gasteiger partial charge in [-0.05, 0) is 31.7 Å². The summed E-state index contributed by atoms with van der Waals surface area (Å²) in [5, 5.41) is 0. The minimum atomic E-state index is -0.215. The summed E-state index contributed by atoms with van der Waals surface area (Å²) in [7, 11) is 0. The highest BCUT2D eigenvalue weighted by Crippen LogP contribution is 2.39. The van der Waals surface area contributed by atoms with E-state index in [-0.39, 0.29) is 11.9 Å². The molecule has 0 saturated carbocycles. The second kappa shape index (κ2) is 9.44. The van der Waals surface area contributed by atoms with Gasteiger partial charge in [-0.2, -0.15) is 0 Å². The van der Waals surface area contributed by atoms with Crippen molar-refractivity contribution in [2.45, 2.75) is 96.6 Å². The molecule has 0 aliphatic carbocycles. The predicted molar refractivity (Wildman–Crippen MR) is 96.4 cm³/mol. The first-order valence-corrected chi connectivity index (χ1v) is 9.56. The van der Waals surface area contributed by atoms with E-state index >= 15 is 0 Å². The van der Waals surface area contributed by atoms with Gasteiger partial charge in [0.15, 0.2) is 6.29 Å². The summed E-state index contributed by atoms with van der Waals surface area (Å²) in [6.07, 6.45) is 10.9. The Hall–Kier alpha value is -0.860. The molecule has 0 amide bonds. The first-order chi connectivity index (χ1) is 11.2. The van der Waals surface area contributed by atoms with Gasteiger partial charge >= 0.3 is 0 Å². The Labute approximate surface area is 142 Å². The number of hydrogen-bond acceptors (Lipinski definition) is 2. The normalized spacial score (nSPS) is 28.0. The molecule has 130 valence electrons. The lowest BCUT2D eigenvalue weighted by Gasteiger charge is -2.43. The van der Waals surface area contributed by atoms with Gasteiger partial charge in [-0.1, -0.05) is 76.3 Å². The number of unbranched alkanes of at least 4 members (excludes halogenated alkanes) is 4. The first kappa shape index (κ1) is 18.5. The zero-order valence-corrected chi connectivity index (χ0v) is 15.2. The van der Waals surface area contributed by atoms with Crippen molar-refractivity contribution in [3.05, 3.63) is 35.9 Å². The SMILES string of the molecule is CCCCC[C@@H]1C[C@@](C)(c2ccccc2)O[C@H](CCCCC)O1. The standard InChI is InChI=1S/C21H34O2/c1-4-6-9-15-19-17-21(3,18-13-11-8-12-14-18)23-20(22-19)16-10-7-5-2/h8,11-14,19-20H,4-7,9-10,15-17H2,1-3H3/t19-,20-,21+/m1/s1.